The molecule has 35 heteroatoms. The van der Waals surface area contributed by atoms with Crippen molar-refractivity contribution in [2.45, 2.75) is 86.2 Å². The molecular formula is C85H80Br3KN18O10S3. The normalized spacial score (nSPS) is 13.1. The van der Waals surface area contributed by atoms with E-state index in [1.54, 1.807) is 120 Å². The molecule has 0 spiro atoms. The van der Waals surface area contributed by atoms with Crippen molar-refractivity contribution in [3.05, 3.63) is 313 Å². The van der Waals surface area contributed by atoms with Crippen LogP contribution in [0.1, 0.15) is 132 Å². The molecule has 8 aromatic heterocycles. The van der Waals surface area contributed by atoms with Gasteiger partial charge in [-0.1, -0.05) is 205 Å². The van der Waals surface area contributed by atoms with E-state index < -0.39 is 11.8 Å². The van der Waals surface area contributed by atoms with Crippen LogP contribution in [0.3, 0.4) is 0 Å². The van der Waals surface area contributed by atoms with Crippen molar-refractivity contribution < 1.29 is 87.1 Å². The second kappa shape index (κ2) is 39.1. The number of nitrogens with one attached hydrogen (secondary N) is 3. The molecule has 4 aliphatic heterocycles. The second-order valence-electron chi connectivity index (χ2n) is 28.0. The maximum atomic E-state index is 13.2. The molecule has 0 atom stereocenters. The van der Waals surface area contributed by atoms with Crippen LogP contribution in [0.2, 0.25) is 0 Å². The fraction of sp³-hybridized carbons (Fsp3) is 0.200. The van der Waals surface area contributed by atoms with Gasteiger partial charge in [-0.2, -0.15) is 15.3 Å². The van der Waals surface area contributed by atoms with E-state index in [1.807, 2.05) is 128 Å². The van der Waals surface area contributed by atoms with Crippen LogP contribution in [0.5, 0.6) is 0 Å². The number of aromatic nitrogens is 11. The number of imide groups is 3. The fourth-order valence-electron chi connectivity index (χ4n) is 14.2. The Morgan fingerprint density at radius 3 is 1.24 bits per heavy atom. The van der Waals surface area contributed by atoms with Gasteiger partial charge in [0.15, 0.2) is 11.3 Å². The van der Waals surface area contributed by atoms with Crippen molar-refractivity contribution in [1.29, 1.82) is 11.1 Å². The summed E-state index contributed by atoms with van der Waals surface area (Å²) in [7, 11) is 7.72. The Balaban J connectivity index is 0.000000158. The number of H-pyrrole nitrogens is 1. The summed E-state index contributed by atoms with van der Waals surface area (Å²) >= 11 is 15.1. The second-order valence-corrected chi connectivity index (χ2v) is 33.7. The Hall–Kier alpha value is -10.3. The van der Waals surface area contributed by atoms with Gasteiger partial charge >= 0.3 is 51.4 Å². The molecule has 7 aromatic carbocycles. The summed E-state index contributed by atoms with van der Waals surface area (Å²) < 4.78 is 10.6. The maximum absolute atomic E-state index is 13.2. The quantitative estimate of drug-likeness (QED) is 0.0382. The first-order valence-corrected chi connectivity index (χ1v) is 42.5. The van der Waals surface area contributed by atoms with Gasteiger partial charge in [0.05, 0.1) is 108 Å². The molecule has 120 heavy (non-hydrogen) atoms. The van der Waals surface area contributed by atoms with Gasteiger partial charge in [0.1, 0.15) is 22.4 Å². The third-order valence-corrected chi connectivity index (χ3v) is 25.3. The minimum atomic E-state index is -0.425. The van der Waals surface area contributed by atoms with Crippen molar-refractivity contribution in [3.63, 3.8) is 0 Å². The van der Waals surface area contributed by atoms with Crippen LogP contribution in [-0.2, 0) is 69.9 Å². The van der Waals surface area contributed by atoms with E-state index in [4.69, 9.17) is 16.8 Å². The number of benzene rings is 7. The number of nitrogens with zero attached hydrogens (tertiary/aromatic N) is 14. The van der Waals surface area contributed by atoms with Crippen molar-refractivity contribution in [1.82, 2.24) is 63.2 Å². The summed E-state index contributed by atoms with van der Waals surface area (Å²) in [6.07, 6.45) is 5.22. The molecule has 0 saturated heterocycles. The first-order valence-electron chi connectivity index (χ1n) is 36.7. The molecule has 4 aliphatic rings. The summed E-state index contributed by atoms with van der Waals surface area (Å²) in [6.45, 7) is 9.94. The van der Waals surface area contributed by atoms with Crippen molar-refractivity contribution in [3.8, 4) is 0 Å². The molecule has 28 nitrogen and oxygen atoms in total. The number of hydrogen-bond acceptors (Lipinski definition) is 21. The van der Waals surface area contributed by atoms with Crippen LogP contribution in [0.25, 0.3) is 58.7 Å². The number of thiazole rings is 2. The average molecular weight is 1890 g/mol. The monoisotopic (exact) mass is 1880 g/mol. The maximum Gasteiger partial charge on any atom is 1.00 e. The Morgan fingerprint density at radius 1 is 0.467 bits per heavy atom. The molecule has 610 valence electrons. The van der Waals surface area contributed by atoms with E-state index in [0.29, 0.717) is 69.6 Å². The van der Waals surface area contributed by atoms with Gasteiger partial charge in [-0.15, -0.1) is 22.7 Å². The van der Waals surface area contributed by atoms with Gasteiger partial charge in [-0.05, 0) is 96.5 Å². The Kier molecular flexibility index (Phi) is 29.5. The summed E-state index contributed by atoms with van der Waals surface area (Å²) in [5, 5.41) is 25.6. The molecule has 19 rings (SSSR count). The number of anilines is 1. The molecule has 0 bridgehead atoms. The molecule has 0 radical (unpaired) electrons. The largest absolute Gasteiger partial charge is 1.00 e. The first-order chi connectivity index (χ1) is 56.8. The van der Waals surface area contributed by atoms with E-state index in [2.05, 4.69) is 134 Å². The molecule has 15 aromatic rings. The van der Waals surface area contributed by atoms with Crippen molar-refractivity contribution in [2.24, 2.45) is 26.9 Å². The van der Waals surface area contributed by atoms with Gasteiger partial charge in [0, 0.05) is 79.4 Å². The van der Waals surface area contributed by atoms with E-state index in [0.717, 1.165) is 107 Å². The van der Waals surface area contributed by atoms with E-state index >= 15 is 0 Å². The van der Waals surface area contributed by atoms with Crippen LogP contribution < -0.4 is 78.7 Å². The van der Waals surface area contributed by atoms with Gasteiger partial charge in [0.2, 0.25) is 0 Å². The molecule has 0 saturated carbocycles. The number of halogens is 3. The number of nitrogens with two attached hydrogens (primary N) is 1. The molecular weight excluding hydrogens is 1810 g/mol. The molecule has 0 aliphatic carbocycles. The number of amides is 6. The van der Waals surface area contributed by atoms with Crippen LogP contribution in [0.4, 0.5) is 5.82 Å². The number of carbonyl (C=O) groups excluding carboxylic acids is 6. The zero-order valence-electron chi connectivity index (χ0n) is 66.4. The van der Waals surface area contributed by atoms with Crippen LogP contribution >= 0.6 is 82.2 Å². The standard InChI is InChI=1S/C25H19N5O3S.C19H23N5OS.C16H12BrNO2.C9H8N4OS.C8H8Br2.C8H5NO2.K.H2N2.H2O.H2/c1-14-27-22-21(34-14)19-11-26-30(25(33)20(19)28(22)2)13-16-7-5-6-15(10-16)12-29-23(31)17-8-3-4-9-18(17)24(29)32;1-19(2)23(4)17-16(26-19)14-10-21-24(18(25)15(14)22(17)3)11-13-7-5-6-12(8-13)9-20;17-9-11-4-3-5-12(8-11)10-18-15(19)13-6-1-2-7-14(13)16(18)20;1-4-11-8-7(15-4)5-3-10-12-9(14)6(5)13(8)2;9-5-7-2-1-3-8(4-7)6-10;10-7-5-3-1-2-4-6(5)8(11)9-7;;1-2;;/h3-11H,12-13H2,1-2H3;5-8,10H,9,11,20H2,1-4H3;1-8H,9-10H2;3H,1-2H3,(H,12,14);1-4H,5-6H2;1-4H,(H,9,10,11);;1-2H;1H2;1H/q;;;;;;+1;;;/p-1. The average Bonchev–Trinajstić information content (AvgIpc) is 1.53. The number of thioether (sulfide) groups is 1. The first kappa shape index (κ1) is 90.5. The predicted molar refractivity (Wildman–Crippen MR) is 476 cm³/mol. The third kappa shape index (κ3) is 18.5. The van der Waals surface area contributed by atoms with E-state index in [-0.39, 0.29) is 117 Å². The van der Waals surface area contributed by atoms with Crippen LogP contribution in [0, 0.1) is 24.9 Å². The molecule has 6 amide bonds. The zero-order chi connectivity index (χ0) is 84.1. The zero-order valence-corrected chi connectivity index (χ0v) is 76.8. The fourth-order valence-corrected chi connectivity index (χ4v) is 18.5. The third-order valence-electron chi connectivity index (χ3n) is 20.0. The summed E-state index contributed by atoms with van der Waals surface area (Å²) in [5.74, 6) is -0.776. The van der Waals surface area contributed by atoms with Crippen LogP contribution in [0.15, 0.2) is 208 Å². The van der Waals surface area contributed by atoms with Crippen molar-refractivity contribution >= 4 is 177 Å². The van der Waals surface area contributed by atoms with E-state index in [1.165, 1.54) is 30.3 Å². The van der Waals surface area contributed by atoms with Crippen LogP contribution in [-0.4, -0.2) is 116 Å². The topological polar surface area (TPSA) is 388 Å². The minimum absolute atomic E-state index is 0. The van der Waals surface area contributed by atoms with E-state index in [9.17, 15) is 43.2 Å². The number of carbonyl (C=O) groups is 6. The number of alkyl halides is 3. The molecule has 12 heterocycles. The minimum Gasteiger partial charge on any atom is -0.587 e. The van der Waals surface area contributed by atoms with Gasteiger partial charge in [0.25, 0.3) is 40.3 Å². The number of hydrogen-bond donors (Lipinski definition) is 4. The smallest absolute Gasteiger partial charge is 0.587 e. The number of aryl methyl sites for hydroxylation is 5. The number of rotatable bonds is 12. The Labute approximate surface area is 768 Å². The Bertz CT molecular complexity index is 6580. The Morgan fingerprint density at radius 2 is 0.817 bits per heavy atom. The number of fused-ring (bicyclic) bond motifs is 12. The summed E-state index contributed by atoms with van der Waals surface area (Å²) in [4.78, 5) is 124. The summed E-state index contributed by atoms with van der Waals surface area (Å²) in [6, 6.07) is 52.3. The summed E-state index contributed by atoms with van der Waals surface area (Å²) in [5.41, 5.74) is 30.0. The molecule has 7 N–H and O–H groups in total. The van der Waals surface area contributed by atoms with Gasteiger partial charge < -0.3 is 44.7 Å². The van der Waals surface area contributed by atoms with Crippen molar-refractivity contribution in [2.75, 3.05) is 11.9 Å². The predicted octanol–water partition coefficient (Wildman–Crippen LogP) is 12.4. The van der Waals surface area contributed by atoms with Gasteiger partial charge in [-0.25, -0.2) is 35.5 Å². The molecule has 0 unspecified atom stereocenters. The number of aromatic amines is 1. The molecule has 0 fully saturated rings. The SMILES string of the molecule is BrCc1cccc(CBr)c1.CN1c2c(c3cnn(Cc4cccc(CN)c4)c(=O)c3n2C)SC1(C)C.Cc1nc2c(s1)c1cn[nH]c(=O)c1n2C.Cc1nc2c(s1)c1cnn(Cc3cccc(CN4C(=O)c5ccccc5C4=O)c3)c(=O)c1n2C.N=N.O.O=C1[N-]C(=O)c2ccccc21.O=C1c2ccccc2C(=O)N1Cc1cccc(CBr)c1.[HH].[K+]. The van der Waals surface area contributed by atoms with Gasteiger partial charge in [-0.3, -0.25) is 43.4 Å².